The summed E-state index contributed by atoms with van der Waals surface area (Å²) in [6.45, 7) is 4.48. The van der Waals surface area contributed by atoms with Crippen molar-refractivity contribution >= 4 is 50.5 Å². The minimum atomic E-state index is -0.0993. The van der Waals surface area contributed by atoms with E-state index >= 15 is 0 Å². The molecule has 3 rings (SSSR count). The molecule has 1 amide bonds. The van der Waals surface area contributed by atoms with E-state index < -0.39 is 0 Å². The first-order valence-electron chi connectivity index (χ1n) is 7.83. The van der Waals surface area contributed by atoms with Crippen molar-refractivity contribution in [1.82, 2.24) is 4.90 Å². The average molecular weight is 417 g/mol. The number of amidine groups is 1. The predicted molar refractivity (Wildman–Crippen MR) is 107 cm³/mol. The standard InChI is InChI=1S/C19H17BrN2O2S/c1-3-22-18(24)17(11-13-10-14(20)6-9-16(13)23)25-19(22)21-15-7-4-12(2)5-8-15/h4-11,23H,3H2,1-2H3/b17-11+,21-19?. The Morgan fingerprint density at radius 3 is 2.64 bits per heavy atom. The number of phenolic OH excluding ortho intramolecular Hbond substituents is 1. The van der Waals surface area contributed by atoms with Crippen molar-refractivity contribution in [3.8, 4) is 5.75 Å². The minimum Gasteiger partial charge on any atom is -0.507 e. The molecule has 4 nitrogen and oxygen atoms in total. The fraction of sp³-hybridized carbons (Fsp3) is 0.158. The summed E-state index contributed by atoms with van der Waals surface area (Å²) in [4.78, 5) is 19.4. The van der Waals surface area contributed by atoms with Crippen LogP contribution in [0.1, 0.15) is 18.1 Å². The summed E-state index contributed by atoms with van der Waals surface area (Å²) in [5.41, 5.74) is 2.57. The SMILES string of the molecule is CCN1C(=O)/C(=C\c2cc(Br)ccc2O)SC1=Nc1ccc(C)cc1. The number of thioether (sulfide) groups is 1. The molecular weight excluding hydrogens is 400 g/mol. The maximum Gasteiger partial charge on any atom is 0.266 e. The number of rotatable bonds is 3. The molecule has 128 valence electrons. The molecule has 0 unspecified atom stereocenters. The predicted octanol–water partition coefficient (Wildman–Crippen LogP) is 5.09. The van der Waals surface area contributed by atoms with Crippen LogP contribution in [-0.4, -0.2) is 27.6 Å². The van der Waals surface area contributed by atoms with Crippen LogP contribution in [0.25, 0.3) is 6.08 Å². The molecular formula is C19H17BrN2O2S. The second-order valence-electron chi connectivity index (χ2n) is 5.59. The van der Waals surface area contributed by atoms with Gasteiger partial charge in [-0.1, -0.05) is 33.6 Å². The third-order valence-corrected chi connectivity index (χ3v) is 5.24. The van der Waals surface area contributed by atoms with E-state index in [9.17, 15) is 9.90 Å². The third-order valence-electron chi connectivity index (χ3n) is 3.74. The Balaban J connectivity index is 1.96. The van der Waals surface area contributed by atoms with Crippen LogP contribution in [-0.2, 0) is 4.79 Å². The van der Waals surface area contributed by atoms with E-state index in [0.29, 0.717) is 22.2 Å². The average Bonchev–Trinajstić information content (AvgIpc) is 2.88. The van der Waals surface area contributed by atoms with Crippen LogP contribution < -0.4 is 0 Å². The van der Waals surface area contributed by atoms with E-state index in [0.717, 1.165) is 15.7 Å². The van der Waals surface area contributed by atoms with Crippen molar-refractivity contribution in [1.29, 1.82) is 0 Å². The van der Waals surface area contributed by atoms with Gasteiger partial charge in [0.1, 0.15) is 5.75 Å². The van der Waals surface area contributed by atoms with Gasteiger partial charge < -0.3 is 5.11 Å². The van der Waals surface area contributed by atoms with Crippen molar-refractivity contribution in [3.05, 3.63) is 63.0 Å². The van der Waals surface area contributed by atoms with Gasteiger partial charge in [0.05, 0.1) is 10.6 Å². The number of halogens is 1. The highest BCUT2D eigenvalue weighted by Crippen LogP contribution is 2.35. The fourth-order valence-electron chi connectivity index (χ4n) is 2.38. The van der Waals surface area contributed by atoms with Gasteiger partial charge in [-0.05, 0) is 62.0 Å². The molecule has 1 fully saturated rings. The normalized spacial score (nSPS) is 17.7. The van der Waals surface area contributed by atoms with E-state index in [1.165, 1.54) is 11.8 Å². The molecule has 0 atom stereocenters. The molecule has 0 radical (unpaired) electrons. The summed E-state index contributed by atoms with van der Waals surface area (Å²) in [7, 11) is 0. The minimum absolute atomic E-state index is 0.0993. The molecule has 1 aliphatic heterocycles. The third kappa shape index (κ3) is 3.96. The first-order chi connectivity index (χ1) is 12.0. The molecule has 0 bridgehead atoms. The highest BCUT2D eigenvalue weighted by Gasteiger charge is 2.32. The Kier molecular flexibility index (Phi) is 5.30. The van der Waals surface area contributed by atoms with Gasteiger partial charge in [0, 0.05) is 16.6 Å². The highest BCUT2D eigenvalue weighted by atomic mass is 79.9. The van der Waals surface area contributed by atoms with Crippen molar-refractivity contribution in [2.45, 2.75) is 13.8 Å². The van der Waals surface area contributed by atoms with E-state index in [1.807, 2.05) is 38.1 Å². The van der Waals surface area contributed by atoms with Gasteiger partial charge in [-0.25, -0.2) is 4.99 Å². The Labute approximate surface area is 159 Å². The second-order valence-corrected chi connectivity index (χ2v) is 7.52. The molecule has 0 aliphatic carbocycles. The molecule has 1 saturated heterocycles. The fourth-order valence-corrected chi connectivity index (χ4v) is 3.81. The number of carbonyl (C=O) groups is 1. The van der Waals surface area contributed by atoms with E-state index in [4.69, 9.17) is 0 Å². The van der Waals surface area contributed by atoms with Crippen molar-refractivity contribution in [2.75, 3.05) is 6.54 Å². The summed E-state index contributed by atoms with van der Waals surface area (Å²) >= 11 is 4.70. The number of aliphatic imine (C=N–C) groups is 1. The van der Waals surface area contributed by atoms with E-state index in [2.05, 4.69) is 20.9 Å². The molecule has 1 N–H and O–H groups in total. The molecule has 1 heterocycles. The lowest BCUT2D eigenvalue weighted by molar-refractivity contribution is -0.122. The molecule has 1 aliphatic rings. The quantitative estimate of drug-likeness (QED) is 0.708. The largest absolute Gasteiger partial charge is 0.507 e. The molecule has 0 saturated carbocycles. The lowest BCUT2D eigenvalue weighted by atomic mass is 10.2. The number of phenols is 1. The zero-order valence-electron chi connectivity index (χ0n) is 13.9. The number of carbonyl (C=O) groups excluding carboxylic acids is 1. The van der Waals surface area contributed by atoms with Crippen LogP contribution in [0.3, 0.4) is 0 Å². The van der Waals surface area contributed by atoms with Crippen LogP contribution in [0.15, 0.2) is 56.8 Å². The molecule has 25 heavy (non-hydrogen) atoms. The Morgan fingerprint density at radius 1 is 1.24 bits per heavy atom. The van der Waals surface area contributed by atoms with Crippen molar-refractivity contribution < 1.29 is 9.90 Å². The van der Waals surface area contributed by atoms with E-state index in [1.54, 1.807) is 29.2 Å². The van der Waals surface area contributed by atoms with Gasteiger partial charge in [0.25, 0.3) is 5.91 Å². The first-order valence-corrected chi connectivity index (χ1v) is 9.44. The van der Waals surface area contributed by atoms with Crippen LogP contribution in [0.2, 0.25) is 0 Å². The molecule has 2 aromatic carbocycles. The van der Waals surface area contributed by atoms with Gasteiger partial charge in [-0.2, -0.15) is 0 Å². The number of aromatic hydroxyl groups is 1. The Bertz CT molecular complexity index is 875. The van der Waals surface area contributed by atoms with Crippen LogP contribution in [0.5, 0.6) is 5.75 Å². The number of aryl methyl sites for hydroxylation is 1. The van der Waals surface area contributed by atoms with Gasteiger partial charge in [-0.3, -0.25) is 9.69 Å². The van der Waals surface area contributed by atoms with Crippen LogP contribution >= 0.6 is 27.7 Å². The lowest BCUT2D eigenvalue weighted by Gasteiger charge is -2.12. The van der Waals surface area contributed by atoms with Crippen LogP contribution in [0, 0.1) is 6.92 Å². The number of hydrogen-bond acceptors (Lipinski definition) is 4. The van der Waals surface area contributed by atoms with Gasteiger partial charge in [0.15, 0.2) is 5.17 Å². The smallest absolute Gasteiger partial charge is 0.266 e. The summed E-state index contributed by atoms with van der Waals surface area (Å²) < 4.78 is 0.841. The van der Waals surface area contributed by atoms with Gasteiger partial charge in [-0.15, -0.1) is 0 Å². The maximum atomic E-state index is 12.7. The number of amides is 1. The molecule has 0 spiro atoms. The van der Waals surface area contributed by atoms with E-state index in [-0.39, 0.29) is 11.7 Å². The van der Waals surface area contributed by atoms with Crippen molar-refractivity contribution in [3.63, 3.8) is 0 Å². The zero-order valence-corrected chi connectivity index (χ0v) is 16.3. The number of nitrogens with zero attached hydrogens (tertiary/aromatic N) is 2. The Hall–Kier alpha value is -2.05. The number of likely N-dealkylation sites (N-methyl/N-ethyl adjacent to an activating group) is 1. The molecule has 0 aromatic heterocycles. The van der Waals surface area contributed by atoms with Crippen molar-refractivity contribution in [2.24, 2.45) is 4.99 Å². The first kappa shape index (κ1) is 17.8. The van der Waals surface area contributed by atoms with Gasteiger partial charge >= 0.3 is 0 Å². The topological polar surface area (TPSA) is 52.9 Å². The molecule has 2 aromatic rings. The lowest BCUT2D eigenvalue weighted by Crippen LogP contribution is -2.28. The van der Waals surface area contributed by atoms with Gasteiger partial charge in [0.2, 0.25) is 0 Å². The summed E-state index contributed by atoms with van der Waals surface area (Å²) in [5, 5.41) is 10.7. The monoisotopic (exact) mass is 416 g/mol. The number of hydrogen-bond donors (Lipinski definition) is 1. The zero-order chi connectivity index (χ0) is 18.0. The Morgan fingerprint density at radius 2 is 1.96 bits per heavy atom. The summed E-state index contributed by atoms with van der Waals surface area (Å²) in [5.74, 6) is 0.0359. The second kappa shape index (κ2) is 7.45. The highest BCUT2D eigenvalue weighted by molar-refractivity contribution is 9.10. The number of benzene rings is 2. The molecule has 6 heteroatoms. The summed E-state index contributed by atoms with van der Waals surface area (Å²) in [6.07, 6.45) is 1.70. The maximum absolute atomic E-state index is 12.7. The van der Waals surface area contributed by atoms with Crippen LogP contribution in [0.4, 0.5) is 5.69 Å². The summed E-state index contributed by atoms with van der Waals surface area (Å²) in [6, 6.07) is 13.0.